The van der Waals surface area contributed by atoms with Gasteiger partial charge in [0, 0.05) is 52.0 Å². The van der Waals surface area contributed by atoms with Gasteiger partial charge in [0.2, 0.25) is 5.91 Å². The number of ether oxygens (including phenoxy) is 1. The Hall–Kier alpha value is -1.53. The third kappa shape index (κ3) is 4.55. The fraction of sp³-hybridized carbons (Fsp3) is 0.667. The van der Waals surface area contributed by atoms with Crippen LogP contribution in [0.5, 0.6) is 0 Å². The molecule has 1 N–H and O–H groups in total. The second-order valence-electron chi connectivity index (χ2n) is 7.02. The Bertz CT molecular complexity index is 617. The van der Waals surface area contributed by atoms with Gasteiger partial charge in [-0.2, -0.15) is 0 Å². The van der Waals surface area contributed by atoms with Gasteiger partial charge in [0.05, 0.1) is 5.02 Å². The summed E-state index contributed by atoms with van der Waals surface area (Å²) in [5, 5.41) is 3.67. The third-order valence-corrected chi connectivity index (χ3v) is 5.46. The molecule has 0 spiro atoms. The fourth-order valence-corrected chi connectivity index (χ4v) is 3.84. The van der Waals surface area contributed by atoms with E-state index in [2.05, 4.69) is 5.32 Å². The number of aromatic nitrogens is 1. The van der Waals surface area contributed by atoms with Gasteiger partial charge in [-0.1, -0.05) is 11.6 Å². The smallest absolute Gasteiger partial charge is 0.270 e. The highest BCUT2D eigenvalue weighted by atomic mass is 35.5. The molecule has 0 aliphatic carbocycles. The van der Waals surface area contributed by atoms with Crippen molar-refractivity contribution in [3.05, 3.63) is 23.0 Å². The van der Waals surface area contributed by atoms with Crippen LogP contribution >= 0.6 is 11.6 Å². The molecule has 0 aromatic carbocycles. The maximum Gasteiger partial charge on any atom is 0.270 e. The van der Waals surface area contributed by atoms with Crippen molar-refractivity contribution in [2.24, 2.45) is 18.9 Å². The molecule has 0 saturated carbocycles. The van der Waals surface area contributed by atoms with Gasteiger partial charge < -0.3 is 19.5 Å². The summed E-state index contributed by atoms with van der Waals surface area (Å²) >= 11 is 5.97. The number of carbonyl (C=O) groups excluding carboxylic acids is 2. The normalized spacial score (nSPS) is 19.8. The summed E-state index contributed by atoms with van der Waals surface area (Å²) < 4.78 is 7.07. The Morgan fingerprint density at radius 3 is 2.52 bits per heavy atom. The van der Waals surface area contributed by atoms with E-state index in [0.717, 1.165) is 38.8 Å². The zero-order valence-corrected chi connectivity index (χ0v) is 15.4. The van der Waals surface area contributed by atoms with Crippen LogP contribution in [0.25, 0.3) is 0 Å². The Balaban J connectivity index is 1.43. The summed E-state index contributed by atoms with van der Waals surface area (Å²) in [5.74, 6) is 0.710. The van der Waals surface area contributed by atoms with Crippen molar-refractivity contribution in [1.29, 1.82) is 0 Å². The molecular formula is C18H26ClN3O3. The first kappa shape index (κ1) is 18.3. The number of halogens is 1. The van der Waals surface area contributed by atoms with Gasteiger partial charge in [0.15, 0.2) is 0 Å². The molecule has 1 aromatic rings. The molecule has 0 atom stereocenters. The lowest BCUT2D eigenvalue weighted by Gasteiger charge is -2.32. The van der Waals surface area contributed by atoms with E-state index in [1.807, 2.05) is 11.9 Å². The van der Waals surface area contributed by atoms with E-state index >= 15 is 0 Å². The zero-order valence-electron chi connectivity index (χ0n) is 14.7. The first-order chi connectivity index (χ1) is 12.0. The number of likely N-dealkylation sites (tertiary alicyclic amines) is 1. The Labute approximate surface area is 153 Å². The lowest BCUT2D eigenvalue weighted by Crippen LogP contribution is -2.43. The minimum Gasteiger partial charge on any atom is -0.381 e. The molecule has 0 unspecified atom stereocenters. The average molecular weight is 368 g/mol. The van der Waals surface area contributed by atoms with E-state index < -0.39 is 0 Å². The van der Waals surface area contributed by atoms with Crippen molar-refractivity contribution in [1.82, 2.24) is 14.8 Å². The lowest BCUT2D eigenvalue weighted by molar-refractivity contribution is -0.128. The Morgan fingerprint density at radius 2 is 1.92 bits per heavy atom. The van der Waals surface area contributed by atoms with Crippen molar-refractivity contribution in [2.75, 3.05) is 32.8 Å². The number of nitrogens with zero attached hydrogens (tertiary/aromatic N) is 2. The first-order valence-electron chi connectivity index (χ1n) is 9.01. The number of nitrogens with one attached hydrogen (secondary N) is 1. The summed E-state index contributed by atoms with van der Waals surface area (Å²) in [7, 11) is 1.83. The fourth-order valence-electron chi connectivity index (χ4n) is 3.59. The second kappa shape index (κ2) is 8.23. The molecule has 138 valence electrons. The van der Waals surface area contributed by atoms with Crippen molar-refractivity contribution < 1.29 is 14.3 Å². The highest BCUT2D eigenvalue weighted by Gasteiger charge is 2.27. The molecular weight excluding hydrogens is 342 g/mol. The largest absolute Gasteiger partial charge is 0.381 e. The first-order valence-corrected chi connectivity index (χ1v) is 9.39. The molecule has 25 heavy (non-hydrogen) atoms. The van der Waals surface area contributed by atoms with Crippen LogP contribution in [0.1, 0.15) is 36.2 Å². The summed E-state index contributed by atoms with van der Waals surface area (Å²) in [4.78, 5) is 26.6. The van der Waals surface area contributed by atoms with Gasteiger partial charge in [0.25, 0.3) is 5.91 Å². The van der Waals surface area contributed by atoms with Crippen molar-refractivity contribution >= 4 is 23.4 Å². The Kier molecular flexibility index (Phi) is 6.02. The molecule has 2 aliphatic rings. The van der Waals surface area contributed by atoms with Gasteiger partial charge in [0.1, 0.15) is 5.69 Å². The summed E-state index contributed by atoms with van der Waals surface area (Å²) in [6.07, 6.45) is 5.21. The van der Waals surface area contributed by atoms with Gasteiger partial charge in [-0.25, -0.2) is 0 Å². The standard InChI is InChI=1S/C18H26ClN3O3/c1-21-12-15(19)10-16(21)18(24)22-6-2-13(3-7-22)11-20-17(23)14-4-8-25-9-5-14/h10,12-14H,2-9,11H2,1H3,(H,20,23). The molecule has 7 heteroatoms. The summed E-state index contributed by atoms with van der Waals surface area (Å²) in [6.45, 7) is 3.51. The molecule has 3 rings (SSSR count). The second-order valence-corrected chi connectivity index (χ2v) is 7.46. The van der Waals surface area contributed by atoms with Crippen LogP contribution in [0.3, 0.4) is 0 Å². The van der Waals surface area contributed by atoms with Crippen LogP contribution in [-0.4, -0.2) is 54.1 Å². The monoisotopic (exact) mass is 367 g/mol. The van der Waals surface area contributed by atoms with Gasteiger partial charge in [-0.3, -0.25) is 9.59 Å². The molecule has 3 heterocycles. The van der Waals surface area contributed by atoms with Crippen molar-refractivity contribution in [3.8, 4) is 0 Å². The van der Waals surface area contributed by atoms with E-state index in [4.69, 9.17) is 16.3 Å². The van der Waals surface area contributed by atoms with Crippen LogP contribution in [0.15, 0.2) is 12.3 Å². The number of aryl methyl sites for hydroxylation is 1. The van der Waals surface area contributed by atoms with Crippen LogP contribution in [-0.2, 0) is 16.6 Å². The quantitative estimate of drug-likeness (QED) is 0.886. The number of hydrogen-bond donors (Lipinski definition) is 1. The number of piperidine rings is 1. The number of carbonyl (C=O) groups is 2. The predicted molar refractivity (Wildman–Crippen MR) is 95.6 cm³/mol. The van der Waals surface area contributed by atoms with Gasteiger partial charge >= 0.3 is 0 Å². The van der Waals surface area contributed by atoms with Crippen molar-refractivity contribution in [3.63, 3.8) is 0 Å². The maximum absolute atomic E-state index is 12.6. The highest BCUT2D eigenvalue weighted by molar-refractivity contribution is 6.31. The minimum absolute atomic E-state index is 0.0269. The van der Waals surface area contributed by atoms with Crippen LogP contribution in [0.4, 0.5) is 0 Å². The maximum atomic E-state index is 12.6. The van der Waals surface area contributed by atoms with Gasteiger partial charge in [-0.15, -0.1) is 0 Å². The third-order valence-electron chi connectivity index (χ3n) is 5.25. The summed E-state index contributed by atoms with van der Waals surface area (Å²) in [6, 6.07) is 1.71. The lowest BCUT2D eigenvalue weighted by atomic mass is 9.95. The molecule has 0 radical (unpaired) electrons. The molecule has 2 aliphatic heterocycles. The van der Waals surface area contributed by atoms with E-state index in [1.54, 1.807) is 16.8 Å². The number of hydrogen-bond acceptors (Lipinski definition) is 3. The van der Waals surface area contributed by atoms with Crippen LogP contribution < -0.4 is 5.32 Å². The van der Waals surface area contributed by atoms with Crippen LogP contribution in [0.2, 0.25) is 5.02 Å². The molecule has 6 nitrogen and oxygen atoms in total. The minimum atomic E-state index is 0.0269. The summed E-state index contributed by atoms with van der Waals surface area (Å²) in [5.41, 5.74) is 0.622. The molecule has 2 saturated heterocycles. The average Bonchev–Trinajstić information content (AvgIpc) is 2.98. The topological polar surface area (TPSA) is 63.6 Å². The molecule has 0 bridgehead atoms. The Morgan fingerprint density at radius 1 is 1.24 bits per heavy atom. The number of amides is 2. The van der Waals surface area contributed by atoms with E-state index in [-0.39, 0.29) is 17.7 Å². The highest BCUT2D eigenvalue weighted by Crippen LogP contribution is 2.21. The van der Waals surface area contributed by atoms with Crippen LogP contribution in [0, 0.1) is 11.8 Å². The zero-order chi connectivity index (χ0) is 17.8. The SMILES string of the molecule is Cn1cc(Cl)cc1C(=O)N1CCC(CNC(=O)C2CCOCC2)CC1. The molecule has 2 fully saturated rings. The molecule has 1 aromatic heterocycles. The molecule has 2 amide bonds. The van der Waals surface area contributed by atoms with E-state index in [1.165, 1.54) is 0 Å². The van der Waals surface area contributed by atoms with E-state index in [9.17, 15) is 9.59 Å². The van der Waals surface area contributed by atoms with Gasteiger partial charge in [-0.05, 0) is 37.7 Å². The van der Waals surface area contributed by atoms with Crippen molar-refractivity contribution in [2.45, 2.75) is 25.7 Å². The van der Waals surface area contributed by atoms with E-state index in [0.29, 0.717) is 36.4 Å². The number of rotatable bonds is 4. The predicted octanol–water partition coefficient (Wildman–Crippen LogP) is 2.07.